The number of methoxy groups -OCH3 is 1. The number of rotatable bonds is 7. The fourth-order valence-corrected chi connectivity index (χ4v) is 2.48. The largest absolute Gasteiger partial charge is 0.497 e. The Morgan fingerprint density at radius 3 is 2.46 bits per heavy atom. The number of likely N-dealkylation sites (N-methyl/N-ethyl adjacent to an activating group) is 2. The summed E-state index contributed by atoms with van der Waals surface area (Å²) < 4.78 is 12.3. The molecule has 1 heterocycles. The van der Waals surface area contributed by atoms with E-state index >= 15 is 0 Å². The van der Waals surface area contributed by atoms with Gasteiger partial charge in [-0.3, -0.25) is 4.57 Å². The third-order valence-electron chi connectivity index (χ3n) is 3.88. The molecule has 0 unspecified atom stereocenters. The molecule has 0 aliphatic rings. The van der Waals surface area contributed by atoms with Crippen LogP contribution >= 0.6 is 0 Å². The minimum atomic E-state index is -0.344. The summed E-state index contributed by atoms with van der Waals surface area (Å²) in [5, 5.41) is 1.03. The molecule has 0 saturated heterocycles. The van der Waals surface area contributed by atoms with Gasteiger partial charge in [0, 0.05) is 24.7 Å². The minimum Gasteiger partial charge on any atom is -0.497 e. The van der Waals surface area contributed by atoms with Crippen molar-refractivity contribution in [3.05, 3.63) is 30.0 Å². The molecule has 2 aromatic rings. The molecule has 0 atom stereocenters. The highest BCUT2D eigenvalue weighted by molar-refractivity contribution is 5.92. The number of hydrogen-bond donors (Lipinski definition) is 0. The summed E-state index contributed by atoms with van der Waals surface area (Å²) in [6.07, 6.45) is 2.39. The zero-order chi connectivity index (χ0) is 17.7. The lowest BCUT2D eigenvalue weighted by molar-refractivity contribution is 0.139. The highest BCUT2D eigenvalue weighted by Gasteiger charge is 2.15. The number of nitrogens with zero attached hydrogens (tertiary/aromatic N) is 3. The average Bonchev–Trinajstić information content (AvgIpc) is 2.90. The number of fused-ring (bicyclic) bond motifs is 1. The van der Waals surface area contributed by atoms with Gasteiger partial charge < -0.3 is 19.3 Å². The summed E-state index contributed by atoms with van der Waals surface area (Å²) in [5.41, 5.74) is 1.96. The van der Waals surface area contributed by atoms with Crippen molar-refractivity contribution in [1.29, 1.82) is 0 Å². The highest BCUT2D eigenvalue weighted by Crippen LogP contribution is 2.26. The van der Waals surface area contributed by atoms with Crippen molar-refractivity contribution in [2.45, 2.75) is 6.42 Å². The monoisotopic (exact) mass is 333 g/mol. The molecule has 0 N–H and O–H groups in total. The summed E-state index contributed by atoms with van der Waals surface area (Å²) in [6.45, 7) is 1.98. The third-order valence-corrected chi connectivity index (χ3v) is 3.88. The number of hydrogen-bond acceptors (Lipinski definition) is 5. The van der Waals surface area contributed by atoms with Gasteiger partial charge in [-0.05, 0) is 58.4 Å². The minimum absolute atomic E-state index is 0.344. The molecular weight excluding hydrogens is 306 g/mol. The third kappa shape index (κ3) is 4.49. The summed E-state index contributed by atoms with van der Waals surface area (Å²) in [5.74, 6) is 0.785. The van der Waals surface area contributed by atoms with Crippen LogP contribution in [0.3, 0.4) is 0 Å². The SMILES string of the molecule is COc1ccc2c(c1)c(CCN(C)C)cn2C(=O)OCCN(C)C. The van der Waals surface area contributed by atoms with E-state index in [4.69, 9.17) is 9.47 Å². The van der Waals surface area contributed by atoms with Crippen LogP contribution in [0.2, 0.25) is 0 Å². The lowest BCUT2D eigenvalue weighted by Crippen LogP contribution is -2.22. The van der Waals surface area contributed by atoms with E-state index in [-0.39, 0.29) is 6.09 Å². The van der Waals surface area contributed by atoms with Gasteiger partial charge in [0.1, 0.15) is 12.4 Å². The van der Waals surface area contributed by atoms with Crippen LogP contribution in [0.25, 0.3) is 10.9 Å². The molecule has 1 aromatic carbocycles. The van der Waals surface area contributed by atoms with E-state index in [1.54, 1.807) is 11.7 Å². The van der Waals surface area contributed by atoms with Gasteiger partial charge in [0.15, 0.2) is 0 Å². The molecular formula is C18H27N3O3. The first kappa shape index (κ1) is 18.3. The number of carbonyl (C=O) groups is 1. The smallest absolute Gasteiger partial charge is 0.418 e. The summed E-state index contributed by atoms with van der Waals surface area (Å²) in [7, 11) is 9.62. The zero-order valence-corrected chi connectivity index (χ0v) is 15.2. The molecule has 0 saturated carbocycles. The first-order valence-electron chi connectivity index (χ1n) is 8.07. The van der Waals surface area contributed by atoms with Crippen LogP contribution < -0.4 is 4.74 Å². The van der Waals surface area contributed by atoms with Gasteiger partial charge in [-0.1, -0.05) is 0 Å². The molecule has 0 spiro atoms. The van der Waals surface area contributed by atoms with Crippen molar-refractivity contribution < 1.29 is 14.3 Å². The number of ether oxygens (including phenoxy) is 2. The Morgan fingerprint density at radius 1 is 1.12 bits per heavy atom. The lowest BCUT2D eigenvalue weighted by Gasteiger charge is -2.10. The second kappa shape index (κ2) is 8.17. The number of benzene rings is 1. The van der Waals surface area contributed by atoms with Crippen molar-refractivity contribution in [3.63, 3.8) is 0 Å². The van der Waals surface area contributed by atoms with Gasteiger partial charge in [-0.2, -0.15) is 0 Å². The van der Waals surface area contributed by atoms with Gasteiger partial charge in [0.05, 0.1) is 12.6 Å². The predicted octanol–water partition coefficient (Wildman–Crippen LogP) is 2.30. The van der Waals surface area contributed by atoms with E-state index in [1.807, 2.05) is 57.5 Å². The summed E-state index contributed by atoms with van der Waals surface area (Å²) >= 11 is 0. The topological polar surface area (TPSA) is 46.9 Å². The second-order valence-corrected chi connectivity index (χ2v) is 6.38. The molecule has 0 amide bonds. The van der Waals surface area contributed by atoms with E-state index in [0.29, 0.717) is 13.2 Å². The molecule has 132 valence electrons. The Balaban J connectivity index is 2.30. The predicted molar refractivity (Wildman–Crippen MR) is 96.0 cm³/mol. The second-order valence-electron chi connectivity index (χ2n) is 6.38. The van der Waals surface area contributed by atoms with E-state index in [1.165, 1.54) is 0 Å². The van der Waals surface area contributed by atoms with Crippen molar-refractivity contribution in [2.75, 3.05) is 55.0 Å². The summed E-state index contributed by atoms with van der Waals surface area (Å²) in [6, 6.07) is 5.74. The first-order valence-corrected chi connectivity index (χ1v) is 8.07. The van der Waals surface area contributed by atoms with Crippen LogP contribution in [0.15, 0.2) is 24.4 Å². The van der Waals surface area contributed by atoms with E-state index < -0.39 is 0 Å². The van der Waals surface area contributed by atoms with Crippen molar-refractivity contribution in [2.24, 2.45) is 0 Å². The quantitative estimate of drug-likeness (QED) is 0.778. The van der Waals surface area contributed by atoms with Crippen LogP contribution in [0.5, 0.6) is 5.75 Å². The lowest BCUT2D eigenvalue weighted by atomic mass is 10.1. The van der Waals surface area contributed by atoms with Gasteiger partial charge in [-0.15, -0.1) is 0 Å². The van der Waals surface area contributed by atoms with Gasteiger partial charge in [-0.25, -0.2) is 4.79 Å². The van der Waals surface area contributed by atoms with Crippen LogP contribution in [-0.2, 0) is 11.2 Å². The Hall–Kier alpha value is -2.05. The van der Waals surface area contributed by atoms with E-state index in [2.05, 4.69) is 4.90 Å². The Bertz CT molecular complexity index is 692. The molecule has 0 aliphatic heterocycles. The van der Waals surface area contributed by atoms with Gasteiger partial charge >= 0.3 is 6.09 Å². The standard InChI is InChI=1S/C18H27N3O3/c1-19(2)9-8-14-13-21(18(22)24-11-10-20(3)4)17-7-6-15(23-5)12-16(14)17/h6-7,12-13H,8-11H2,1-5H3. The van der Waals surface area contributed by atoms with Crippen LogP contribution in [0.4, 0.5) is 4.79 Å². The van der Waals surface area contributed by atoms with E-state index in [9.17, 15) is 4.79 Å². The fraction of sp³-hybridized carbons (Fsp3) is 0.500. The highest BCUT2D eigenvalue weighted by atomic mass is 16.5. The molecule has 0 bridgehead atoms. The maximum atomic E-state index is 12.4. The van der Waals surface area contributed by atoms with Gasteiger partial charge in [0.25, 0.3) is 0 Å². The molecule has 0 radical (unpaired) electrons. The van der Waals surface area contributed by atoms with Crippen LogP contribution in [0.1, 0.15) is 5.56 Å². The van der Waals surface area contributed by atoms with Gasteiger partial charge in [0.2, 0.25) is 0 Å². The zero-order valence-electron chi connectivity index (χ0n) is 15.2. The molecule has 0 fully saturated rings. The Labute approximate surface area is 143 Å². The molecule has 24 heavy (non-hydrogen) atoms. The molecule has 6 nitrogen and oxygen atoms in total. The molecule has 2 rings (SSSR count). The average molecular weight is 333 g/mol. The Morgan fingerprint density at radius 2 is 1.83 bits per heavy atom. The number of aromatic nitrogens is 1. The maximum Gasteiger partial charge on any atom is 0.418 e. The molecule has 6 heteroatoms. The van der Waals surface area contributed by atoms with E-state index in [0.717, 1.165) is 35.2 Å². The van der Waals surface area contributed by atoms with Crippen LogP contribution in [-0.4, -0.2) is 75.5 Å². The van der Waals surface area contributed by atoms with Crippen molar-refractivity contribution in [1.82, 2.24) is 14.4 Å². The fourth-order valence-electron chi connectivity index (χ4n) is 2.48. The molecule has 0 aliphatic carbocycles. The van der Waals surface area contributed by atoms with Crippen molar-refractivity contribution in [3.8, 4) is 5.75 Å². The Kier molecular flexibility index (Phi) is 6.23. The normalized spacial score (nSPS) is 11.5. The number of carbonyl (C=O) groups excluding carboxylic acids is 1. The summed E-state index contributed by atoms with van der Waals surface area (Å²) in [4.78, 5) is 16.5. The first-order chi connectivity index (χ1) is 11.4. The van der Waals surface area contributed by atoms with Crippen molar-refractivity contribution >= 4 is 17.0 Å². The molecule has 1 aromatic heterocycles. The van der Waals surface area contributed by atoms with Crippen LogP contribution in [0, 0.1) is 0 Å². The maximum absolute atomic E-state index is 12.4.